The number of aromatic nitrogens is 1. The molecular weight excluding hydrogens is 1070 g/mol. The van der Waals surface area contributed by atoms with E-state index < -0.39 is 39.7 Å². The maximum Gasteiger partial charge on any atom is 0.306 e. The Morgan fingerprint density at radius 2 is 1.22 bits per heavy atom. The first-order valence-corrected chi connectivity index (χ1v) is 29.5. The number of rotatable bonds is 44. The number of azo groups is 1. The van der Waals surface area contributed by atoms with Crippen molar-refractivity contribution in [2.24, 2.45) is 10.2 Å². The first-order chi connectivity index (χ1) is 39.1. The van der Waals surface area contributed by atoms with Crippen LogP contribution in [-0.2, 0) is 52.7 Å². The van der Waals surface area contributed by atoms with Crippen LogP contribution in [0.3, 0.4) is 0 Å². The normalized spacial score (nSPS) is 12.1. The molecule has 0 spiro atoms. The molecule has 3 aromatic rings. The summed E-state index contributed by atoms with van der Waals surface area (Å²) in [5.74, 6) is -1.42. The van der Waals surface area contributed by atoms with Gasteiger partial charge in [-0.2, -0.15) is 5.26 Å². The number of methoxy groups -OCH3 is 2. The zero-order valence-electron chi connectivity index (χ0n) is 47.8. The molecule has 2 unspecified atom stereocenters. The summed E-state index contributed by atoms with van der Waals surface area (Å²) < 4.78 is 67.3. The van der Waals surface area contributed by atoms with Gasteiger partial charge in [-0.15, -0.1) is 10.2 Å². The quantitative estimate of drug-likeness (QED) is 0.0154. The average molecular weight is 1160 g/mol. The third-order valence-electron chi connectivity index (χ3n) is 12.4. The predicted molar refractivity (Wildman–Crippen MR) is 303 cm³/mol. The fourth-order valence-corrected chi connectivity index (χ4v) is 9.65. The molecule has 2 atom stereocenters. The van der Waals surface area contributed by atoms with Crippen molar-refractivity contribution in [2.75, 3.05) is 103 Å². The number of hydrogen-bond acceptors (Lipinski definition) is 23. The second-order valence-corrected chi connectivity index (χ2v) is 21.3. The number of hydrogen-bond donors (Lipinski definition) is 5. The fourth-order valence-electron chi connectivity index (χ4n) is 8.20. The number of carbonyl (C=O) groups is 4. The summed E-state index contributed by atoms with van der Waals surface area (Å²) in [6, 6.07) is 14.0. The summed E-state index contributed by atoms with van der Waals surface area (Å²) in [5, 5.41) is 52.8. The molecule has 0 aliphatic heterocycles. The molecule has 3 rings (SSSR count). The van der Waals surface area contributed by atoms with E-state index in [1.54, 1.807) is 25.7 Å². The lowest BCUT2D eigenvalue weighted by Gasteiger charge is -2.28. The number of aliphatic hydroxyl groups is 3. The van der Waals surface area contributed by atoms with Crippen LogP contribution in [0.4, 0.5) is 28.7 Å². The van der Waals surface area contributed by atoms with Crippen LogP contribution < -0.4 is 20.1 Å². The Bertz CT molecular complexity index is 2520. The van der Waals surface area contributed by atoms with Crippen LogP contribution in [0.15, 0.2) is 57.6 Å². The molecule has 2 aromatic carbocycles. The van der Waals surface area contributed by atoms with E-state index in [2.05, 4.69) is 26.9 Å². The Labute approximate surface area is 477 Å². The van der Waals surface area contributed by atoms with Gasteiger partial charge in [-0.3, -0.25) is 24.1 Å². The Hall–Kier alpha value is -6.49. The molecule has 0 radical (unpaired) electrons. The molecule has 0 saturated heterocycles. The van der Waals surface area contributed by atoms with Gasteiger partial charge in [0.25, 0.3) is 0 Å². The third kappa shape index (κ3) is 27.2. The number of unbranched alkanes of at least 4 members (excludes halogenated alkanes) is 8. The first-order valence-electron chi connectivity index (χ1n) is 27.8. The van der Waals surface area contributed by atoms with Crippen molar-refractivity contribution in [1.29, 1.82) is 5.26 Å². The molecule has 5 N–H and O–H groups in total. The van der Waals surface area contributed by atoms with Gasteiger partial charge < -0.3 is 59.1 Å². The van der Waals surface area contributed by atoms with E-state index in [1.807, 2.05) is 30.3 Å². The Kier molecular flexibility index (Phi) is 33.8. The van der Waals surface area contributed by atoms with Gasteiger partial charge in [0.2, 0.25) is 0 Å². The second-order valence-electron chi connectivity index (χ2n) is 19.2. The van der Waals surface area contributed by atoms with Gasteiger partial charge in [-0.1, -0.05) is 37.5 Å². The Morgan fingerprint density at radius 1 is 0.679 bits per heavy atom. The Balaban J connectivity index is 1.74. The minimum atomic E-state index is -4.14. The summed E-state index contributed by atoms with van der Waals surface area (Å²) in [4.78, 5) is 55.6. The van der Waals surface area contributed by atoms with Crippen molar-refractivity contribution in [3.05, 3.63) is 53.6 Å². The van der Waals surface area contributed by atoms with Crippen molar-refractivity contribution in [3.8, 4) is 17.6 Å². The number of aliphatic hydroxyl groups excluding tert-OH is 3. The lowest BCUT2D eigenvalue weighted by molar-refractivity contribution is -0.150. The lowest BCUT2D eigenvalue weighted by Crippen LogP contribution is -2.41. The number of pyridine rings is 1. The molecule has 0 fully saturated rings. The summed E-state index contributed by atoms with van der Waals surface area (Å²) in [7, 11) is -1.48. The number of sulfone groups is 1. The van der Waals surface area contributed by atoms with Gasteiger partial charge in [0, 0.05) is 95.1 Å². The SMILES string of the molecule is COc1cc(S(=O)(=O)CCN(CC(C)OC(=O)CCCCCO)CC(C)OC(=O)CCCCCO)c(OC)cc1/N=N/c1c(Nc2ccccc2)nc(NCCOCCOC(=O)CCCCCOC(=O)CCCCCO)c(C#N)c1C. The molecule has 0 saturated carbocycles. The van der Waals surface area contributed by atoms with E-state index in [1.165, 1.54) is 26.4 Å². The zero-order chi connectivity index (χ0) is 59.3. The minimum Gasteiger partial charge on any atom is -0.495 e. The van der Waals surface area contributed by atoms with E-state index in [-0.39, 0.29) is 142 Å². The number of nitrogens with zero attached hydrogens (tertiary/aromatic N) is 5. The van der Waals surface area contributed by atoms with Crippen molar-refractivity contribution < 1.29 is 76.1 Å². The summed E-state index contributed by atoms with van der Waals surface area (Å²) in [5.41, 5.74) is 1.54. The number of nitrogens with one attached hydrogen (secondary N) is 2. The van der Waals surface area contributed by atoms with Gasteiger partial charge in [0.1, 0.15) is 58.5 Å². The molecule has 450 valence electrons. The van der Waals surface area contributed by atoms with Crippen molar-refractivity contribution in [1.82, 2.24) is 9.88 Å². The monoisotopic (exact) mass is 1160 g/mol. The van der Waals surface area contributed by atoms with Crippen LogP contribution in [0.5, 0.6) is 11.5 Å². The van der Waals surface area contributed by atoms with Crippen LogP contribution in [0.25, 0.3) is 0 Å². The number of esters is 4. The van der Waals surface area contributed by atoms with Crippen LogP contribution in [0, 0.1) is 18.3 Å². The van der Waals surface area contributed by atoms with Crippen molar-refractivity contribution in [2.45, 2.75) is 141 Å². The molecule has 24 heteroatoms. The number of para-hydroxylation sites is 1. The standard InChI is InChI=1S/C57H85N7O16S/c1-42(79-53(70)25-14-8-18-30-66)40-64(41-43(2)80-54(71)26-15-9-19-31-67)28-36-81(72,73)50-38-48(74-4)47(37-49(50)75-5)62-63-55-44(3)46(39-58)56(61-57(55)60-45-21-11-6-12-22-45)59-27-33-76-34-35-78-52(69)24-16-10-20-32-77-51(68)23-13-7-17-29-65/h6,11-12,21-22,37-38,42-43,65-67H,7-10,13-20,23-36,40-41H2,1-5H3,(H2,59,60,61)/b63-62+. The summed E-state index contributed by atoms with van der Waals surface area (Å²) in [6.45, 7) is 6.38. The topological polar surface area (TPSA) is 316 Å². The maximum absolute atomic E-state index is 14.3. The Morgan fingerprint density at radius 3 is 1.77 bits per heavy atom. The second kappa shape index (κ2) is 39.8. The van der Waals surface area contributed by atoms with Gasteiger partial charge in [0.15, 0.2) is 15.7 Å². The predicted octanol–water partition coefficient (Wildman–Crippen LogP) is 8.11. The van der Waals surface area contributed by atoms with E-state index in [0.717, 1.165) is 6.42 Å². The van der Waals surface area contributed by atoms with Crippen molar-refractivity contribution >= 4 is 62.4 Å². The highest BCUT2D eigenvalue weighted by Crippen LogP contribution is 2.41. The van der Waals surface area contributed by atoms with Gasteiger partial charge >= 0.3 is 23.9 Å². The molecule has 0 aliphatic rings. The number of anilines is 3. The van der Waals surface area contributed by atoms with Gasteiger partial charge in [-0.25, -0.2) is 13.4 Å². The molecule has 0 amide bonds. The highest BCUT2D eigenvalue weighted by Gasteiger charge is 2.27. The average Bonchev–Trinajstić information content (AvgIpc) is 3.55. The van der Waals surface area contributed by atoms with Crippen LogP contribution in [0.1, 0.15) is 128 Å². The number of benzene rings is 2. The molecule has 23 nitrogen and oxygen atoms in total. The highest BCUT2D eigenvalue weighted by atomic mass is 32.2. The number of ether oxygens (including phenoxy) is 7. The van der Waals surface area contributed by atoms with Gasteiger partial charge in [0.05, 0.1) is 45.4 Å². The molecule has 0 aliphatic carbocycles. The fraction of sp³-hybridized carbons (Fsp3) is 0.614. The smallest absolute Gasteiger partial charge is 0.306 e. The van der Waals surface area contributed by atoms with Gasteiger partial charge in [-0.05, 0) is 90.7 Å². The van der Waals surface area contributed by atoms with Crippen LogP contribution in [-0.4, -0.2) is 162 Å². The molecular formula is C57H85N7O16S. The lowest BCUT2D eigenvalue weighted by atomic mass is 10.1. The first kappa shape index (κ1) is 68.8. The largest absolute Gasteiger partial charge is 0.495 e. The number of carbonyl (C=O) groups excluding carboxylic acids is 4. The van der Waals surface area contributed by atoms with E-state index in [0.29, 0.717) is 94.9 Å². The van der Waals surface area contributed by atoms with Crippen molar-refractivity contribution in [3.63, 3.8) is 0 Å². The molecule has 1 aromatic heterocycles. The number of nitriles is 1. The van der Waals surface area contributed by atoms with Crippen LogP contribution >= 0.6 is 0 Å². The van der Waals surface area contributed by atoms with E-state index in [4.69, 9.17) is 53.5 Å². The summed E-state index contributed by atoms with van der Waals surface area (Å²) >= 11 is 0. The summed E-state index contributed by atoms with van der Waals surface area (Å²) in [6.07, 6.45) is 7.22. The third-order valence-corrected chi connectivity index (χ3v) is 14.1. The van der Waals surface area contributed by atoms with Crippen LogP contribution in [0.2, 0.25) is 0 Å². The minimum absolute atomic E-state index is 0.0302. The molecule has 81 heavy (non-hydrogen) atoms. The zero-order valence-corrected chi connectivity index (χ0v) is 48.6. The van der Waals surface area contributed by atoms with E-state index >= 15 is 0 Å². The molecule has 0 bridgehead atoms. The maximum atomic E-state index is 14.3. The highest BCUT2D eigenvalue weighted by molar-refractivity contribution is 7.91. The van der Waals surface area contributed by atoms with E-state index in [9.17, 15) is 32.9 Å². The molecule has 1 heterocycles.